The van der Waals surface area contributed by atoms with Gasteiger partial charge in [0.15, 0.2) is 5.13 Å². The number of methoxy groups -OCH3 is 1. The smallest absolute Gasteiger partial charge is 0.471 e. The monoisotopic (exact) mass is 364 g/mol. The standard InChI is InChI=1S/C13H11F3N2O3S2/c1-21-9-4-8(19)3-2-7(9)6-18(11(20)13(14,15)16)12-17-5-10(22)23-12/h2-5,19,22H,6H2,1H3. The predicted octanol–water partition coefficient (Wildman–Crippen LogP) is 3.24. The number of amides is 1. The van der Waals surface area contributed by atoms with Gasteiger partial charge in [-0.25, -0.2) is 4.98 Å². The molecule has 1 heterocycles. The number of anilines is 1. The molecule has 2 rings (SSSR count). The Morgan fingerprint density at radius 2 is 2.17 bits per heavy atom. The summed E-state index contributed by atoms with van der Waals surface area (Å²) in [5.74, 6) is -1.99. The van der Waals surface area contributed by atoms with Gasteiger partial charge in [0.2, 0.25) is 0 Å². The van der Waals surface area contributed by atoms with Crippen molar-refractivity contribution in [1.82, 2.24) is 4.98 Å². The highest BCUT2D eigenvalue weighted by atomic mass is 32.2. The van der Waals surface area contributed by atoms with Crippen LogP contribution in [0, 0.1) is 0 Å². The molecule has 5 nitrogen and oxygen atoms in total. The summed E-state index contributed by atoms with van der Waals surface area (Å²) < 4.78 is 43.9. The second kappa shape index (κ2) is 6.67. The van der Waals surface area contributed by atoms with Crippen molar-refractivity contribution in [3.63, 3.8) is 0 Å². The van der Waals surface area contributed by atoms with Gasteiger partial charge in [0.25, 0.3) is 0 Å². The molecule has 0 aliphatic heterocycles. The lowest BCUT2D eigenvalue weighted by Crippen LogP contribution is -2.40. The van der Waals surface area contributed by atoms with E-state index in [0.717, 1.165) is 11.3 Å². The van der Waals surface area contributed by atoms with Crippen molar-refractivity contribution < 1.29 is 27.8 Å². The Hall–Kier alpha value is -1.94. The summed E-state index contributed by atoms with van der Waals surface area (Å²) in [6.07, 6.45) is -3.79. The van der Waals surface area contributed by atoms with Crippen LogP contribution < -0.4 is 9.64 Å². The highest BCUT2D eigenvalue weighted by Gasteiger charge is 2.44. The Balaban J connectivity index is 2.41. The number of aromatic hydroxyl groups is 1. The lowest BCUT2D eigenvalue weighted by atomic mass is 10.1. The van der Waals surface area contributed by atoms with Crippen LogP contribution >= 0.6 is 24.0 Å². The molecule has 0 bridgehead atoms. The highest BCUT2D eigenvalue weighted by molar-refractivity contribution is 7.83. The summed E-state index contributed by atoms with van der Waals surface area (Å²) in [7, 11) is 1.31. The second-order valence-corrected chi connectivity index (χ2v) is 6.16. The van der Waals surface area contributed by atoms with Crippen molar-refractivity contribution in [2.75, 3.05) is 12.0 Å². The van der Waals surface area contributed by atoms with Crippen LogP contribution in [0.25, 0.3) is 0 Å². The highest BCUT2D eigenvalue weighted by Crippen LogP contribution is 2.32. The molecule has 2 aromatic rings. The molecular formula is C13H11F3N2O3S2. The van der Waals surface area contributed by atoms with E-state index < -0.39 is 18.6 Å². The van der Waals surface area contributed by atoms with Gasteiger partial charge in [-0.15, -0.1) is 12.6 Å². The van der Waals surface area contributed by atoms with Crippen LogP contribution in [0.3, 0.4) is 0 Å². The van der Waals surface area contributed by atoms with Gasteiger partial charge >= 0.3 is 12.1 Å². The minimum atomic E-state index is -5.05. The number of phenolic OH excluding ortho intramolecular Hbond substituents is 1. The number of carbonyl (C=O) groups is 1. The van der Waals surface area contributed by atoms with Crippen LogP contribution in [0.5, 0.6) is 11.5 Å². The molecule has 1 aromatic heterocycles. The van der Waals surface area contributed by atoms with Gasteiger partial charge in [-0.2, -0.15) is 13.2 Å². The van der Waals surface area contributed by atoms with E-state index in [9.17, 15) is 23.1 Å². The Bertz CT molecular complexity index is 719. The Labute approximate surface area is 138 Å². The number of benzene rings is 1. The molecule has 0 atom stereocenters. The van der Waals surface area contributed by atoms with E-state index >= 15 is 0 Å². The first kappa shape index (κ1) is 17.4. The third-order valence-corrected chi connectivity index (χ3v) is 4.01. The van der Waals surface area contributed by atoms with Gasteiger partial charge in [0.05, 0.1) is 24.1 Å². The number of thiazole rings is 1. The normalized spacial score (nSPS) is 11.3. The number of hydrogen-bond acceptors (Lipinski definition) is 6. The summed E-state index contributed by atoms with van der Waals surface area (Å²) in [6, 6.07) is 3.91. The van der Waals surface area contributed by atoms with E-state index in [2.05, 4.69) is 17.6 Å². The van der Waals surface area contributed by atoms with Crippen LogP contribution in [0.1, 0.15) is 5.56 Å². The zero-order valence-corrected chi connectivity index (χ0v) is 13.4. The summed E-state index contributed by atoms with van der Waals surface area (Å²) in [6.45, 7) is -0.414. The molecule has 0 spiro atoms. The van der Waals surface area contributed by atoms with Gasteiger partial charge in [-0.1, -0.05) is 11.3 Å². The molecule has 0 fully saturated rings. The largest absolute Gasteiger partial charge is 0.508 e. The molecule has 1 aromatic carbocycles. The average molecular weight is 364 g/mol. The van der Waals surface area contributed by atoms with Gasteiger partial charge in [-0.3, -0.25) is 9.69 Å². The van der Waals surface area contributed by atoms with E-state index in [1.54, 1.807) is 0 Å². The molecule has 0 saturated heterocycles. The fourth-order valence-corrected chi connectivity index (χ4v) is 2.75. The van der Waals surface area contributed by atoms with E-state index in [1.807, 2.05) is 0 Å². The first-order valence-electron chi connectivity index (χ1n) is 6.11. The van der Waals surface area contributed by atoms with E-state index in [4.69, 9.17) is 4.74 Å². The number of thiol groups is 1. The number of nitrogens with zero attached hydrogens (tertiary/aromatic N) is 2. The number of alkyl halides is 3. The van der Waals surface area contributed by atoms with E-state index in [0.29, 0.717) is 14.7 Å². The third-order valence-electron chi connectivity index (χ3n) is 2.80. The maximum atomic E-state index is 12.8. The average Bonchev–Trinajstić information content (AvgIpc) is 2.90. The first-order valence-corrected chi connectivity index (χ1v) is 7.38. The van der Waals surface area contributed by atoms with Gasteiger partial charge in [0.1, 0.15) is 11.5 Å². The van der Waals surface area contributed by atoms with Crippen molar-refractivity contribution in [1.29, 1.82) is 0 Å². The van der Waals surface area contributed by atoms with Gasteiger partial charge in [0, 0.05) is 11.6 Å². The lowest BCUT2D eigenvalue weighted by Gasteiger charge is -2.22. The molecule has 0 radical (unpaired) electrons. The molecular weight excluding hydrogens is 353 g/mol. The number of phenols is 1. The molecule has 0 unspecified atom stereocenters. The Kier molecular flexibility index (Phi) is 5.05. The number of carbonyl (C=O) groups excluding carboxylic acids is 1. The maximum absolute atomic E-state index is 12.8. The first-order chi connectivity index (χ1) is 10.7. The van der Waals surface area contributed by atoms with Crippen LogP contribution in [-0.4, -0.2) is 29.3 Å². The number of ether oxygens (including phenoxy) is 1. The zero-order valence-electron chi connectivity index (χ0n) is 11.7. The Morgan fingerprint density at radius 3 is 2.70 bits per heavy atom. The van der Waals surface area contributed by atoms with Crippen molar-refractivity contribution in [3.8, 4) is 11.5 Å². The van der Waals surface area contributed by atoms with Crippen molar-refractivity contribution in [2.24, 2.45) is 0 Å². The maximum Gasteiger partial charge on any atom is 0.471 e. The number of halogens is 3. The van der Waals surface area contributed by atoms with Crippen molar-refractivity contribution in [2.45, 2.75) is 16.9 Å². The van der Waals surface area contributed by atoms with Crippen LogP contribution in [0.15, 0.2) is 28.6 Å². The lowest BCUT2D eigenvalue weighted by molar-refractivity contribution is -0.170. The van der Waals surface area contributed by atoms with Crippen LogP contribution in [0.2, 0.25) is 0 Å². The minimum Gasteiger partial charge on any atom is -0.508 e. The fraction of sp³-hybridized carbons (Fsp3) is 0.231. The summed E-state index contributed by atoms with van der Waals surface area (Å²) in [5, 5.41) is 9.27. The molecule has 0 aliphatic rings. The SMILES string of the molecule is COc1cc(O)ccc1CN(C(=O)C(F)(F)F)c1ncc(S)s1. The van der Waals surface area contributed by atoms with Crippen molar-refractivity contribution >= 4 is 35.0 Å². The molecule has 23 heavy (non-hydrogen) atoms. The molecule has 0 aliphatic carbocycles. The van der Waals surface area contributed by atoms with Gasteiger partial charge < -0.3 is 9.84 Å². The third kappa shape index (κ3) is 4.08. The Morgan fingerprint density at radius 1 is 1.48 bits per heavy atom. The molecule has 1 N–H and O–H groups in total. The van der Waals surface area contributed by atoms with Crippen molar-refractivity contribution in [3.05, 3.63) is 30.0 Å². The summed E-state index contributed by atoms with van der Waals surface area (Å²) in [4.78, 5) is 16.0. The number of hydrogen-bond donors (Lipinski definition) is 2. The fourth-order valence-electron chi connectivity index (χ4n) is 1.80. The molecule has 0 saturated carbocycles. The number of rotatable bonds is 4. The summed E-state index contributed by atoms with van der Waals surface area (Å²) >= 11 is 4.84. The van der Waals surface area contributed by atoms with Gasteiger partial charge in [-0.05, 0) is 12.1 Å². The van der Waals surface area contributed by atoms with E-state index in [-0.39, 0.29) is 16.6 Å². The number of aromatic nitrogens is 1. The van der Waals surface area contributed by atoms with E-state index in [1.165, 1.54) is 31.5 Å². The molecule has 10 heteroatoms. The minimum absolute atomic E-state index is 0.105. The second-order valence-electron chi connectivity index (χ2n) is 4.37. The zero-order chi connectivity index (χ0) is 17.2. The predicted molar refractivity (Wildman–Crippen MR) is 81.3 cm³/mol. The van der Waals surface area contributed by atoms with Crippen LogP contribution in [-0.2, 0) is 11.3 Å². The quantitative estimate of drug-likeness (QED) is 0.818. The topological polar surface area (TPSA) is 62.7 Å². The summed E-state index contributed by atoms with van der Waals surface area (Å²) in [5.41, 5.74) is 0.291. The van der Waals surface area contributed by atoms with Crippen LogP contribution in [0.4, 0.5) is 18.3 Å². The molecule has 1 amide bonds. The molecule has 124 valence electrons.